The summed E-state index contributed by atoms with van der Waals surface area (Å²) in [6, 6.07) is 15.7. The maximum atomic E-state index is 11.7. The van der Waals surface area contributed by atoms with Gasteiger partial charge in [-0.25, -0.2) is 0 Å². The van der Waals surface area contributed by atoms with Crippen molar-refractivity contribution in [2.24, 2.45) is 5.73 Å². The van der Waals surface area contributed by atoms with E-state index < -0.39 is 11.9 Å². The molecule has 0 fully saturated rings. The summed E-state index contributed by atoms with van der Waals surface area (Å²) in [5.74, 6) is -0.609. The number of benzene rings is 2. The highest BCUT2D eigenvalue weighted by Crippen LogP contribution is 2.21. The number of primary amides is 1. The zero-order valence-electron chi connectivity index (χ0n) is 11.7. The highest BCUT2D eigenvalue weighted by molar-refractivity contribution is 5.89. The maximum absolute atomic E-state index is 11.7. The van der Waals surface area contributed by atoms with Crippen LogP contribution in [0.5, 0.6) is 0 Å². The average Bonchev–Trinajstić information content (AvgIpc) is 2.46. The van der Waals surface area contributed by atoms with Gasteiger partial charge in [0, 0.05) is 18.3 Å². The molecule has 0 saturated carbocycles. The van der Waals surface area contributed by atoms with Gasteiger partial charge in [-0.15, -0.1) is 0 Å². The topological polar surface area (TPSA) is 84.2 Å². The van der Waals surface area contributed by atoms with Gasteiger partial charge in [0.15, 0.2) is 0 Å². The van der Waals surface area contributed by atoms with E-state index in [1.54, 1.807) is 24.3 Å². The number of nitrogens with one attached hydrogen (secondary N) is 2. The van der Waals surface area contributed by atoms with E-state index in [4.69, 9.17) is 5.73 Å². The molecule has 0 spiro atoms. The first kappa shape index (κ1) is 14.6. The van der Waals surface area contributed by atoms with E-state index in [-0.39, 0.29) is 5.91 Å². The lowest BCUT2D eigenvalue weighted by Gasteiger charge is -2.17. The fourth-order valence-electron chi connectivity index (χ4n) is 1.98. The Balaban J connectivity index is 2.18. The Morgan fingerprint density at radius 1 is 0.952 bits per heavy atom. The van der Waals surface area contributed by atoms with Crippen LogP contribution in [0.25, 0.3) is 0 Å². The first-order valence-electron chi connectivity index (χ1n) is 6.54. The van der Waals surface area contributed by atoms with Crippen molar-refractivity contribution in [1.29, 1.82) is 0 Å². The smallest absolute Gasteiger partial charge is 0.244 e. The molecule has 0 heterocycles. The van der Waals surface area contributed by atoms with Gasteiger partial charge in [0.1, 0.15) is 6.04 Å². The number of carbonyl (C=O) groups is 2. The molecule has 2 aromatic carbocycles. The van der Waals surface area contributed by atoms with Crippen LogP contribution in [0.1, 0.15) is 18.5 Å². The summed E-state index contributed by atoms with van der Waals surface area (Å²) in [6.07, 6.45) is 0. The molecule has 0 aliphatic heterocycles. The van der Waals surface area contributed by atoms with Gasteiger partial charge < -0.3 is 16.4 Å². The van der Waals surface area contributed by atoms with Gasteiger partial charge in [-0.3, -0.25) is 9.59 Å². The minimum Gasteiger partial charge on any atom is -0.370 e. The Kier molecular flexibility index (Phi) is 4.56. The molecule has 0 aliphatic rings. The molecular formula is C16H17N3O2. The van der Waals surface area contributed by atoms with Crippen LogP contribution in [0, 0.1) is 0 Å². The molecular weight excluding hydrogens is 266 g/mol. The van der Waals surface area contributed by atoms with Crippen molar-refractivity contribution in [3.05, 3.63) is 60.2 Å². The van der Waals surface area contributed by atoms with Crippen LogP contribution in [-0.4, -0.2) is 11.8 Å². The van der Waals surface area contributed by atoms with Gasteiger partial charge in [-0.05, 0) is 29.8 Å². The minimum atomic E-state index is -0.626. The monoisotopic (exact) mass is 283 g/mol. The lowest BCUT2D eigenvalue weighted by Crippen LogP contribution is -2.27. The molecule has 0 bridgehead atoms. The molecule has 2 amide bonds. The Bertz CT molecular complexity index is 624. The highest BCUT2D eigenvalue weighted by atomic mass is 16.2. The molecule has 0 aromatic heterocycles. The number of hydrogen-bond donors (Lipinski definition) is 3. The normalized spacial score (nSPS) is 11.5. The Morgan fingerprint density at radius 2 is 1.57 bits per heavy atom. The number of para-hydroxylation sites is 1. The van der Waals surface area contributed by atoms with Crippen LogP contribution in [0.2, 0.25) is 0 Å². The number of carbonyl (C=O) groups excluding carboxylic acids is 2. The molecule has 2 rings (SSSR count). The van der Waals surface area contributed by atoms with Gasteiger partial charge >= 0.3 is 0 Å². The first-order valence-corrected chi connectivity index (χ1v) is 6.54. The number of rotatable bonds is 5. The van der Waals surface area contributed by atoms with Crippen LogP contribution < -0.4 is 16.4 Å². The highest BCUT2D eigenvalue weighted by Gasteiger charge is 2.17. The van der Waals surface area contributed by atoms with E-state index in [0.717, 1.165) is 11.3 Å². The molecule has 5 heteroatoms. The molecule has 0 saturated heterocycles. The summed E-state index contributed by atoms with van der Waals surface area (Å²) in [7, 11) is 0. The Labute approximate surface area is 123 Å². The van der Waals surface area contributed by atoms with Crippen molar-refractivity contribution in [3.8, 4) is 0 Å². The lowest BCUT2D eigenvalue weighted by atomic mass is 10.1. The summed E-state index contributed by atoms with van der Waals surface area (Å²) >= 11 is 0. The number of anilines is 2. The number of nitrogens with two attached hydrogens (primary N) is 1. The van der Waals surface area contributed by atoms with Crippen molar-refractivity contribution in [2.45, 2.75) is 13.0 Å². The molecule has 1 unspecified atom stereocenters. The standard InChI is InChI=1S/C16H17N3O2/c1-11(20)18-14-9-7-12(8-10-14)15(16(17)21)19-13-5-3-2-4-6-13/h2-10,15,19H,1H3,(H2,17,21)(H,18,20). The van der Waals surface area contributed by atoms with Crippen molar-refractivity contribution in [3.63, 3.8) is 0 Å². The van der Waals surface area contributed by atoms with Crippen LogP contribution in [0.4, 0.5) is 11.4 Å². The second kappa shape index (κ2) is 6.56. The third-order valence-electron chi connectivity index (χ3n) is 2.93. The predicted molar refractivity (Wildman–Crippen MR) is 82.7 cm³/mol. The van der Waals surface area contributed by atoms with E-state index in [1.165, 1.54) is 6.92 Å². The maximum Gasteiger partial charge on any atom is 0.244 e. The van der Waals surface area contributed by atoms with Crippen LogP contribution >= 0.6 is 0 Å². The summed E-state index contributed by atoms with van der Waals surface area (Å²) in [5, 5.41) is 5.77. The van der Waals surface area contributed by atoms with Crippen LogP contribution in [-0.2, 0) is 9.59 Å². The second-order valence-corrected chi connectivity index (χ2v) is 4.65. The number of hydrogen-bond acceptors (Lipinski definition) is 3. The third kappa shape index (κ3) is 4.07. The molecule has 2 aromatic rings. The Hall–Kier alpha value is -2.82. The van der Waals surface area contributed by atoms with E-state index in [2.05, 4.69) is 10.6 Å². The number of amides is 2. The van der Waals surface area contributed by atoms with Gasteiger partial charge in [-0.2, -0.15) is 0 Å². The molecule has 4 N–H and O–H groups in total. The zero-order valence-corrected chi connectivity index (χ0v) is 11.7. The minimum absolute atomic E-state index is 0.142. The van der Waals surface area contributed by atoms with Crippen molar-refractivity contribution in [2.75, 3.05) is 10.6 Å². The second-order valence-electron chi connectivity index (χ2n) is 4.65. The first-order chi connectivity index (χ1) is 10.1. The lowest BCUT2D eigenvalue weighted by molar-refractivity contribution is -0.119. The molecule has 1 atom stereocenters. The van der Waals surface area contributed by atoms with Gasteiger partial charge in [0.2, 0.25) is 11.8 Å². The quantitative estimate of drug-likeness (QED) is 0.787. The van der Waals surface area contributed by atoms with E-state index in [9.17, 15) is 9.59 Å². The Morgan fingerprint density at radius 3 is 2.10 bits per heavy atom. The average molecular weight is 283 g/mol. The van der Waals surface area contributed by atoms with Crippen LogP contribution in [0.15, 0.2) is 54.6 Å². The predicted octanol–water partition coefficient (Wildman–Crippen LogP) is 2.28. The summed E-state index contributed by atoms with van der Waals surface area (Å²) in [4.78, 5) is 22.6. The molecule has 21 heavy (non-hydrogen) atoms. The molecule has 5 nitrogen and oxygen atoms in total. The van der Waals surface area contributed by atoms with E-state index >= 15 is 0 Å². The van der Waals surface area contributed by atoms with Gasteiger partial charge in [-0.1, -0.05) is 30.3 Å². The summed E-state index contributed by atoms with van der Waals surface area (Å²) < 4.78 is 0. The van der Waals surface area contributed by atoms with Crippen molar-refractivity contribution in [1.82, 2.24) is 0 Å². The summed E-state index contributed by atoms with van der Waals surface area (Å²) in [6.45, 7) is 1.44. The fraction of sp³-hybridized carbons (Fsp3) is 0.125. The summed E-state index contributed by atoms with van der Waals surface area (Å²) in [5.41, 5.74) is 7.69. The molecule has 0 aliphatic carbocycles. The largest absolute Gasteiger partial charge is 0.370 e. The van der Waals surface area contributed by atoms with E-state index in [1.807, 2.05) is 30.3 Å². The van der Waals surface area contributed by atoms with Gasteiger partial charge in [0.25, 0.3) is 0 Å². The van der Waals surface area contributed by atoms with Gasteiger partial charge in [0.05, 0.1) is 0 Å². The molecule has 108 valence electrons. The van der Waals surface area contributed by atoms with Crippen LogP contribution in [0.3, 0.4) is 0 Å². The zero-order chi connectivity index (χ0) is 15.2. The fourth-order valence-corrected chi connectivity index (χ4v) is 1.98. The third-order valence-corrected chi connectivity index (χ3v) is 2.93. The van der Waals surface area contributed by atoms with Crippen molar-refractivity contribution < 1.29 is 9.59 Å². The van der Waals surface area contributed by atoms with E-state index in [0.29, 0.717) is 5.69 Å². The SMILES string of the molecule is CC(=O)Nc1ccc(C(Nc2ccccc2)C(N)=O)cc1. The molecule has 0 radical (unpaired) electrons. The van der Waals surface area contributed by atoms with Crippen molar-refractivity contribution >= 4 is 23.2 Å².